The van der Waals surface area contributed by atoms with E-state index in [-0.39, 0.29) is 43.0 Å². The van der Waals surface area contributed by atoms with Gasteiger partial charge in [0.2, 0.25) is 0 Å². The van der Waals surface area contributed by atoms with Crippen molar-refractivity contribution in [1.29, 1.82) is 0 Å². The Morgan fingerprint density at radius 3 is 2.45 bits per heavy atom. The number of amides is 1. The lowest BCUT2D eigenvalue weighted by Crippen LogP contribution is -2.71. The number of carbonyl (C=O) groups excluding carboxylic acids is 1. The predicted molar refractivity (Wildman–Crippen MR) is 162 cm³/mol. The number of benzene rings is 1. The Hall–Kier alpha value is -3.56. The average Bonchev–Trinajstić information content (AvgIpc) is 3.46. The third-order valence-corrected chi connectivity index (χ3v) is 10.3. The smallest absolute Gasteiger partial charge is 0.410 e. The standard InChI is InChI=1S/C28H33ClF2N8O4S/c1-26(2,3)43-25(40)38-14-27(15-38)9-10-37(16-28(27,30)31)21-11-32-23-18(13-39(24(23)33-21)44(41,42)35(4)5)17-7-8-20-19(22(17)29)12-36(6)34-20/h7-8,11-13H,9-10,14-16H2,1-6H3. The van der Waals surface area contributed by atoms with Crippen molar-refractivity contribution < 1.29 is 26.7 Å². The fourth-order valence-corrected chi connectivity index (χ4v) is 7.03. The summed E-state index contributed by atoms with van der Waals surface area (Å²) in [5.74, 6) is -3.04. The Balaban J connectivity index is 1.35. The number of rotatable bonds is 4. The van der Waals surface area contributed by atoms with Crippen molar-refractivity contribution in [3.05, 3.63) is 35.7 Å². The number of carbonyl (C=O) groups is 1. The Labute approximate surface area is 258 Å². The molecule has 3 aromatic heterocycles. The van der Waals surface area contributed by atoms with E-state index in [9.17, 15) is 13.2 Å². The van der Waals surface area contributed by atoms with Crippen LogP contribution in [0.25, 0.3) is 33.2 Å². The molecular formula is C28H33ClF2N8O4S. The highest BCUT2D eigenvalue weighted by atomic mass is 35.5. The van der Waals surface area contributed by atoms with Gasteiger partial charge in [0.05, 0.1) is 28.7 Å². The van der Waals surface area contributed by atoms with Crippen LogP contribution >= 0.6 is 11.6 Å². The lowest BCUT2D eigenvalue weighted by Gasteiger charge is -2.57. The molecule has 0 atom stereocenters. The maximum absolute atomic E-state index is 15.7. The van der Waals surface area contributed by atoms with Crippen LogP contribution in [-0.4, -0.2) is 99.2 Å². The molecule has 0 bridgehead atoms. The fourth-order valence-electron chi connectivity index (χ4n) is 5.78. The molecule has 12 nitrogen and oxygen atoms in total. The van der Waals surface area contributed by atoms with Crippen molar-refractivity contribution in [2.24, 2.45) is 12.5 Å². The molecule has 0 N–H and O–H groups in total. The van der Waals surface area contributed by atoms with Crippen molar-refractivity contribution in [3.63, 3.8) is 0 Å². The summed E-state index contributed by atoms with van der Waals surface area (Å²) in [4.78, 5) is 24.2. The van der Waals surface area contributed by atoms with Crippen molar-refractivity contribution in [2.45, 2.75) is 38.7 Å². The molecule has 44 heavy (non-hydrogen) atoms. The minimum Gasteiger partial charge on any atom is -0.444 e. The lowest BCUT2D eigenvalue weighted by atomic mass is 9.69. The van der Waals surface area contributed by atoms with Crippen molar-refractivity contribution in [1.82, 2.24) is 32.9 Å². The van der Waals surface area contributed by atoms with Crippen LogP contribution in [0.15, 0.2) is 30.7 Å². The number of alkyl halides is 2. The molecule has 1 spiro atoms. The Morgan fingerprint density at radius 2 is 1.82 bits per heavy atom. The quantitative estimate of drug-likeness (QED) is 0.320. The molecule has 4 aromatic rings. The summed E-state index contributed by atoms with van der Waals surface area (Å²) >= 11 is 6.77. The lowest BCUT2D eigenvalue weighted by molar-refractivity contribution is -0.191. The minimum absolute atomic E-state index is 0.0168. The van der Waals surface area contributed by atoms with Crippen LogP contribution in [0.1, 0.15) is 27.2 Å². The van der Waals surface area contributed by atoms with E-state index < -0.39 is 39.8 Å². The van der Waals surface area contributed by atoms with Gasteiger partial charge in [-0.15, -0.1) is 0 Å². The number of ether oxygens (including phenoxy) is 1. The molecule has 0 saturated carbocycles. The minimum atomic E-state index is -4.08. The number of nitrogens with zero attached hydrogens (tertiary/aromatic N) is 8. The second-order valence-corrected chi connectivity index (χ2v) is 15.1. The molecule has 2 aliphatic heterocycles. The molecule has 1 aromatic carbocycles. The van der Waals surface area contributed by atoms with E-state index >= 15 is 8.78 Å². The van der Waals surface area contributed by atoms with E-state index in [1.807, 2.05) is 0 Å². The zero-order valence-corrected chi connectivity index (χ0v) is 26.7. The van der Waals surface area contributed by atoms with Gasteiger partial charge in [0.1, 0.15) is 16.9 Å². The molecular weight excluding hydrogens is 618 g/mol. The largest absolute Gasteiger partial charge is 0.444 e. The van der Waals surface area contributed by atoms with Crippen LogP contribution in [-0.2, 0) is 22.0 Å². The van der Waals surface area contributed by atoms with Crippen molar-refractivity contribution in [2.75, 3.05) is 45.2 Å². The Bertz CT molecular complexity index is 1910. The highest BCUT2D eigenvalue weighted by Gasteiger charge is 2.64. The first-order valence-electron chi connectivity index (χ1n) is 14.0. The van der Waals surface area contributed by atoms with Gasteiger partial charge in [-0.25, -0.2) is 27.5 Å². The first kappa shape index (κ1) is 30.5. The van der Waals surface area contributed by atoms with Gasteiger partial charge in [-0.3, -0.25) is 4.68 Å². The normalized spacial score (nSPS) is 18.4. The molecule has 0 aliphatic carbocycles. The highest BCUT2D eigenvalue weighted by molar-refractivity contribution is 7.87. The van der Waals surface area contributed by atoms with Crippen LogP contribution < -0.4 is 4.90 Å². The number of aromatic nitrogens is 5. The average molecular weight is 651 g/mol. The van der Waals surface area contributed by atoms with Crippen LogP contribution in [0.2, 0.25) is 5.02 Å². The third-order valence-electron chi connectivity index (χ3n) is 8.18. The second kappa shape index (κ2) is 9.97. The summed E-state index contributed by atoms with van der Waals surface area (Å²) in [7, 11) is 0.460. The van der Waals surface area contributed by atoms with Crippen molar-refractivity contribution >= 4 is 55.8 Å². The summed E-state index contributed by atoms with van der Waals surface area (Å²) in [6.07, 6.45) is 4.02. The van der Waals surface area contributed by atoms with Gasteiger partial charge in [0.15, 0.2) is 5.65 Å². The number of hydrogen-bond donors (Lipinski definition) is 0. The zero-order valence-electron chi connectivity index (χ0n) is 25.2. The van der Waals surface area contributed by atoms with E-state index in [1.165, 1.54) is 36.3 Å². The van der Waals surface area contributed by atoms with Gasteiger partial charge in [-0.1, -0.05) is 17.7 Å². The maximum atomic E-state index is 15.7. The molecule has 2 aliphatic rings. The van der Waals surface area contributed by atoms with Crippen molar-refractivity contribution in [3.8, 4) is 11.1 Å². The van der Waals surface area contributed by atoms with Crippen LogP contribution in [0.3, 0.4) is 0 Å². The van der Waals surface area contributed by atoms with Crippen LogP contribution in [0.5, 0.6) is 0 Å². The van der Waals surface area contributed by atoms with Gasteiger partial charge in [-0.2, -0.15) is 17.8 Å². The monoisotopic (exact) mass is 650 g/mol. The van der Waals surface area contributed by atoms with E-state index in [4.69, 9.17) is 16.3 Å². The molecule has 236 valence electrons. The number of fused-ring (bicyclic) bond motifs is 2. The van der Waals surface area contributed by atoms with Gasteiger partial charge in [0.25, 0.3) is 5.92 Å². The SMILES string of the molecule is CN(C)S(=O)(=O)n1cc(-c2ccc3nn(C)cc3c2Cl)c2ncc(N3CCC4(CN(C(=O)OC(C)(C)C)C4)C(F)(F)C3)nc21. The third kappa shape index (κ3) is 4.85. The molecule has 1 amide bonds. The van der Waals surface area contributed by atoms with Gasteiger partial charge >= 0.3 is 16.3 Å². The number of halogens is 3. The molecule has 2 fully saturated rings. The van der Waals surface area contributed by atoms with E-state index in [1.54, 1.807) is 50.8 Å². The fraction of sp³-hybridized carbons (Fsp3) is 0.500. The number of anilines is 1. The van der Waals surface area contributed by atoms with Crippen LogP contribution in [0, 0.1) is 5.41 Å². The Kier molecular flexibility index (Phi) is 6.91. The van der Waals surface area contributed by atoms with Crippen LogP contribution in [0.4, 0.5) is 19.4 Å². The van der Waals surface area contributed by atoms with Gasteiger partial charge in [0, 0.05) is 69.7 Å². The number of hydrogen-bond acceptors (Lipinski definition) is 8. The second-order valence-electron chi connectivity index (χ2n) is 12.7. The van der Waals surface area contributed by atoms with Gasteiger partial charge < -0.3 is 14.5 Å². The Morgan fingerprint density at radius 1 is 1.11 bits per heavy atom. The summed E-state index contributed by atoms with van der Waals surface area (Å²) in [6.45, 7) is 4.52. The summed E-state index contributed by atoms with van der Waals surface area (Å²) in [5.41, 5.74) is -0.256. The summed E-state index contributed by atoms with van der Waals surface area (Å²) in [5, 5.41) is 5.41. The van der Waals surface area contributed by atoms with E-state index in [0.29, 0.717) is 27.1 Å². The molecule has 5 heterocycles. The zero-order chi connectivity index (χ0) is 32.0. The van der Waals surface area contributed by atoms with E-state index in [2.05, 4.69) is 15.1 Å². The first-order chi connectivity index (χ1) is 20.4. The number of aryl methyl sites for hydroxylation is 1. The summed E-state index contributed by atoms with van der Waals surface area (Å²) < 4.78 is 67.2. The molecule has 2 saturated heterocycles. The van der Waals surface area contributed by atoms with E-state index in [0.717, 1.165) is 8.28 Å². The van der Waals surface area contributed by atoms with Gasteiger partial charge in [-0.05, 0) is 33.3 Å². The topological polar surface area (TPSA) is 119 Å². The maximum Gasteiger partial charge on any atom is 0.410 e. The first-order valence-corrected chi connectivity index (χ1v) is 15.7. The molecule has 0 radical (unpaired) electrons. The molecule has 16 heteroatoms. The predicted octanol–water partition coefficient (Wildman–Crippen LogP) is 4.38. The number of piperidine rings is 1. The molecule has 6 rings (SSSR count). The highest BCUT2D eigenvalue weighted by Crippen LogP contribution is 2.51. The molecule has 0 unspecified atom stereocenters. The summed E-state index contributed by atoms with van der Waals surface area (Å²) in [6, 6.07) is 3.51. The number of likely N-dealkylation sites (tertiary alicyclic amines) is 1.